The van der Waals surface area contributed by atoms with Gasteiger partial charge in [-0.25, -0.2) is 0 Å². The molecule has 0 bridgehead atoms. The van der Waals surface area contributed by atoms with E-state index in [-0.39, 0.29) is 0 Å². The van der Waals surface area contributed by atoms with Gasteiger partial charge in [-0.3, -0.25) is 5.10 Å². The summed E-state index contributed by atoms with van der Waals surface area (Å²) in [4.78, 5) is 0. The maximum Gasteiger partial charge on any atom is 0.0927 e. The van der Waals surface area contributed by atoms with Crippen LogP contribution in [0.2, 0.25) is 0 Å². The number of para-hydroxylation sites is 1. The number of aromatic amines is 1. The second kappa shape index (κ2) is 3.41. The summed E-state index contributed by atoms with van der Waals surface area (Å²) < 4.78 is 0. The molecule has 0 aliphatic rings. The molecule has 66 valence electrons. The van der Waals surface area contributed by atoms with Crippen LogP contribution in [0.3, 0.4) is 0 Å². The third-order valence-corrected chi connectivity index (χ3v) is 1.91. The maximum absolute atomic E-state index is 5.37. The zero-order chi connectivity index (χ0) is 9.10. The molecule has 1 heterocycles. The van der Waals surface area contributed by atoms with E-state index < -0.39 is 0 Å². The molecule has 2 aromatic rings. The lowest BCUT2D eigenvalue weighted by Gasteiger charge is -1.87. The number of benzene rings is 1. The highest BCUT2D eigenvalue weighted by Crippen LogP contribution is 2.15. The van der Waals surface area contributed by atoms with Crippen LogP contribution >= 0.6 is 0 Å². The van der Waals surface area contributed by atoms with Crippen molar-refractivity contribution < 1.29 is 0 Å². The second-order valence-corrected chi connectivity index (χ2v) is 2.79. The summed E-state index contributed by atoms with van der Waals surface area (Å²) in [5.74, 6) is 0. The Morgan fingerprint density at radius 3 is 3.08 bits per heavy atom. The van der Waals surface area contributed by atoms with Gasteiger partial charge in [0, 0.05) is 11.9 Å². The summed E-state index contributed by atoms with van der Waals surface area (Å²) in [6.45, 7) is 0.549. The van der Waals surface area contributed by atoms with Crippen molar-refractivity contribution in [2.75, 3.05) is 6.54 Å². The van der Waals surface area contributed by atoms with Gasteiger partial charge in [0.25, 0.3) is 0 Å². The first kappa shape index (κ1) is 8.01. The third-order valence-electron chi connectivity index (χ3n) is 1.91. The molecule has 1 aromatic carbocycles. The molecule has 1 aromatic heterocycles. The molecule has 0 atom stereocenters. The highest BCUT2D eigenvalue weighted by Gasteiger charge is 1.99. The first-order chi connectivity index (χ1) is 6.42. The minimum atomic E-state index is 0.549. The molecule has 0 fully saturated rings. The molecule has 2 rings (SSSR count). The molecule has 0 radical (unpaired) electrons. The van der Waals surface area contributed by atoms with Crippen molar-refractivity contribution in [1.82, 2.24) is 10.2 Å². The highest BCUT2D eigenvalue weighted by atomic mass is 15.1. The molecule has 0 spiro atoms. The Hall–Kier alpha value is -1.61. The van der Waals surface area contributed by atoms with Crippen LogP contribution < -0.4 is 5.73 Å². The fourth-order valence-electron chi connectivity index (χ4n) is 1.29. The van der Waals surface area contributed by atoms with Gasteiger partial charge in [0.1, 0.15) is 0 Å². The van der Waals surface area contributed by atoms with E-state index in [1.54, 1.807) is 0 Å². The van der Waals surface area contributed by atoms with Crippen molar-refractivity contribution >= 4 is 17.0 Å². The molecule has 0 aliphatic heterocycles. The average molecular weight is 173 g/mol. The Morgan fingerprint density at radius 2 is 2.23 bits per heavy atom. The lowest BCUT2D eigenvalue weighted by atomic mass is 10.2. The number of nitrogens with one attached hydrogen (secondary N) is 1. The number of nitrogens with two attached hydrogens (primary N) is 1. The number of rotatable bonds is 2. The van der Waals surface area contributed by atoms with Gasteiger partial charge in [0.2, 0.25) is 0 Å². The van der Waals surface area contributed by atoms with E-state index in [4.69, 9.17) is 5.73 Å². The molecule has 0 unspecified atom stereocenters. The zero-order valence-electron chi connectivity index (χ0n) is 7.20. The second-order valence-electron chi connectivity index (χ2n) is 2.79. The third kappa shape index (κ3) is 1.46. The fraction of sp³-hybridized carbons (Fsp3) is 0.100. The van der Waals surface area contributed by atoms with Crippen molar-refractivity contribution in [3.8, 4) is 0 Å². The quantitative estimate of drug-likeness (QED) is 0.723. The van der Waals surface area contributed by atoms with E-state index in [9.17, 15) is 0 Å². The van der Waals surface area contributed by atoms with Gasteiger partial charge in [-0.2, -0.15) is 5.10 Å². The van der Waals surface area contributed by atoms with Crippen molar-refractivity contribution in [3.05, 3.63) is 36.0 Å². The Balaban J connectivity index is 2.52. The van der Waals surface area contributed by atoms with E-state index in [1.165, 1.54) is 0 Å². The number of aromatic nitrogens is 2. The van der Waals surface area contributed by atoms with Crippen molar-refractivity contribution in [2.24, 2.45) is 5.73 Å². The first-order valence-corrected chi connectivity index (χ1v) is 4.21. The van der Waals surface area contributed by atoms with E-state index in [1.807, 2.05) is 36.4 Å². The van der Waals surface area contributed by atoms with Crippen LogP contribution in [-0.4, -0.2) is 16.7 Å². The molecule has 13 heavy (non-hydrogen) atoms. The lowest BCUT2D eigenvalue weighted by molar-refractivity contribution is 1.10. The smallest absolute Gasteiger partial charge is 0.0927 e. The Morgan fingerprint density at radius 1 is 1.38 bits per heavy atom. The van der Waals surface area contributed by atoms with Crippen LogP contribution in [-0.2, 0) is 0 Å². The van der Waals surface area contributed by atoms with E-state index in [0.29, 0.717) is 6.54 Å². The average Bonchev–Trinajstić information content (AvgIpc) is 2.58. The lowest BCUT2D eigenvalue weighted by Crippen LogP contribution is -1.91. The van der Waals surface area contributed by atoms with Gasteiger partial charge >= 0.3 is 0 Å². The van der Waals surface area contributed by atoms with Crippen molar-refractivity contribution in [1.29, 1.82) is 0 Å². The highest BCUT2D eigenvalue weighted by molar-refractivity contribution is 5.86. The number of hydrogen-bond donors (Lipinski definition) is 2. The van der Waals surface area contributed by atoms with E-state index in [0.717, 1.165) is 16.6 Å². The van der Waals surface area contributed by atoms with Crippen LogP contribution in [0.25, 0.3) is 17.0 Å². The predicted octanol–water partition coefficient (Wildman–Crippen LogP) is 1.53. The predicted molar refractivity (Wildman–Crippen MR) is 54.2 cm³/mol. The Bertz CT molecular complexity index is 428. The molecule has 3 heteroatoms. The molecule has 0 saturated carbocycles. The largest absolute Gasteiger partial charge is 0.327 e. The fourth-order valence-corrected chi connectivity index (χ4v) is 1.29. The standard InChI is InChI=1S/C10H11N3/c11-7-3-6-10-8-4-1-2-5-9(8)12-13-10/h1-6H,7,11H2,(H,12,13)/b6-3+. The molecular formula is C10H11N3. The van der Waals surface area contributed by atoms with Gasteiger partial charge in [-0.1, -0.05) is 24.3 Å². The summed E-state index contributed by atoms with van der Waals surface area (Å²) in [5.41, 5.74) is 7.37. The molecular weight excluding hydrogens is 162 g/mol. The van der Waals surface area contributed by atoms with Crippen LogP contribution in [0.15, 0.2) is 30.3 Å². The van der Waals surface area contributed by atoms with Gasteiger partial charge in [-0.05, 0) is 12.1 Å². The number of nitrogens with zero attached hydrogens (tertiary/aromatic N) is 1. The van der Waals surface area contributed by atoms with Gasteiger partial charge in [0.15, 0.2) is 0 Å². The zero-order valence-corrected chi connectivity index (χ0v) is 7.20. The maximum atomic E-state index is 5.37. The minimum absolute atomic E-state index is 0.549. The Kier molecular flexibility index (Phi) is 2.10. The summed E-state index contributed by atoms with van der Waals surface area (Å²) in [6.07, 6.45) is 3.86. The summed E-state index contributed by atoms with van der Waals surface area (Å²) in [6, 6.07) is 7.98. The molecule has 3 nitrogen and oxygen atoms in total. The van der Waals surface area contributed by atoms with Gasteiger partial charge in [-0.15, -0.1) is 0 Å². The van der Waals surface area contributed by atoms with Crippen molar-refractivity contribution in [3.63, 3.8) is 0 Å². The van der Waals surface area contributed by atoms with Crippen LogP contribution in [0.1, 0.15) is 5.69 Å². The Labute approximate surface area is 76.3 Å². The van der Waals surface area contributed by atoms with Crippen LogP contribution in [0, 0.1) is 0 Å². The normalized spacial score (nSPS) is 11.5. The summed E-state index contributed by atoms with van der Waals surface area (Å²) in [7, 11) is 0. The molecule has 0 aliphatic carbocycles. The number of hydrogen-bond acceptors (Lipinski definition) is 2. The first-order valence-electron chi connectivity index (χ1n) is 4.21. The van der Waals surface area contributed by atoms with E-state index >= 15 is 0 Å². The molecule has 0 amide bonds. The monoisotopic (exact) mass is 173 g/mol. The van der Waals surface area contributed by atoms with Crippen LogP contribution in [0.5, 0.6) is 0 Å². The van der Waals surface area contributed by atoms with Crippen LogP contribution in [0.4, 0.5) is 0 Å². The molecule has 0 saturated heterocycles. The summed E-state index contributed by atoms with van der Waals surface area (Å²) in [5, 5.41) is 8.24. The topological polar surface area (TPSA) is 54.7 Å². The molecule has 3 N–H and O–H groups in total. The van der Waals surface area contributed by atoms with Crippen molar-refractivity contribution in [2.45, 2.75) is 0 Å². The number of fused-ring (bicyclic) bond motifs is 1. The summed E-state index contributed by atoms with van der Waals surface area (Å²) >= 11 is 0. The number of H-pyrrole nitrogens is 1. The van der Waals surface area contributed by atoms with Gasteiger partial charge in [0.05, 0.1) is 11.2 Å². The van der Waals surface area contributed by atoms with Gasteiger partial charge < -0.3 is 5.73 Å². The van der Waals surface area contributed by atoms with E-state index in [2.05, 4.69) is 10.2 Å². The minimum Gasteiger partial charge on any atom is -0.327 e. The SMILES string of the molecule is NC/C=C/c1[nH]nc2ccccc12.